The highest BCUT2D eigenvalue weighted by Crippen LogP contribution is 2.31. The lowest BCUT2D eigenvalue weighted by Crippen LogP contribution is -2.45. The molecular formula is C16H22ClN3O2. The minimum Gasteiger partial charge on any atom is -0.496 e. The van der Waals surface area contributed by atoms with Crippen LogP contribution in [0.1, 0.15) is 29.6 Å². The lowest BCUT2D eigenvalue weighted by molar-refractivity contribution is 0.0924. The molecule has 0 aliphatic carbocycles. The molecule has 1 aromatic rings. The molecule has 2 heterocycles. The molecule has 2 fully saturated rings. The highest BCUT2D eigenvalue weighted by Gasteiger charge is 2.33. The number of fused-ring (bicyclic) bond motifs is 2. The number of benzene rings is 1. The van der Waals surface area contributed by atoms with Crippen LogP contribution >= 0.6 is 11.6 Å². The van der Waals surface area contributed by atoms with Gasteiger partial charge in [-0.2, -0.15) is 0 Å². The number of halogens is 1. The topological polar surface area (TPSA) is 67.6 Å². The van der Waals surface area contributed by atoms with Crippen LogP contribution in [0.15, 0.2) is 12.1 Å². The Morgan fingerprint density at radius 2 is 2.27 bits per heavy atom. The van der Waals surface area contributed by atoms with Crippen LogP contribution in [0.25, 0.3) is 0 Å². The summed E-state index contributed by atoms with van der Waals surface area (Å²) in [6, 6.07) is 3.60. The van der Waals surface area contributed by atoms with E-state index in [-0.39, 0.29) is 5.91 Å². The van der Waals surface area contributed by atoms with Crippen molar-refractivity contribution in [2.75, 3.05) is 32.5 Å². The third-order valence-corrected chi connectivity index (χ3v) is 5.13. The molecule has 22 heavy (non-hydrogen) atoms. The van der Waals surface area contributed by atoms with E-state index in [1.807, 2.05) is 0 Å². The average Bonchev–Trinajstić information content (AvgIpc) is 2.90. The van der Waals surface area contributed by atoms with Gasteiger partial charge in [0, 0.05) is 25.2 Å². The second kappa shape index (κ2) is 6.34. The van der Waals surface area contributed by atoms with Gasteiger partial charge in [0.2, 0.25) is 0 Å². The van der Waals surface area contributed by atoms with Crippen molar-refractivity contribution in [2.45, 2.75) is 25.3 Å². The first-order valence-electron chi connectivity index (χ1n) is 7.73. The number of ether oxygens (including phenoxy) is 1. The molecule has 1 aromatic carbocycles. The molecule has 0 radical (unpaired) electrons. The predicted octanol–water partition coefficient (Wildman–Crippen LogP) is 2.14. The maximum Gasteiger partial charge on any atom is 0.255 e. The highest BCUT2D eigenvalue weighted by molar-refractivity contribution is 6.33. The lowest BCUT2D eigenvalue weighted by Gasteiger charge is -2.32. The maximum absolute atomic E-state index is 12.4. The number of nitrogens with two attached hydrogens (primary N) is 1. The van der Waals surface area contributed by atoms with E-state index in [1.165, 1.54) is 26.5 Å². The predicted molar refractivity (Wildman–Crippen MR) is 87.5 cm³/mol. The van der Waals surface area contributed by atoms with Crippen molar-refractivity contribution in [1.82, 2.24) is 10.2 Å². The van der Waals surface area contributed by atoms with Gasteiger partial charge >= 0.3 is 0 Å². The Morgan fingerprint density at radius 1 is 1.45 bits per heavy atom. The molecular weight excluding hydrogens is 302 g/mol. The van der Waals surface area contributed by atoms with Crippen molar-refractivity contribution in [1.29, 1.82) is 0 Å². The SMILES string of the molecule is COc1cc(N)c(Cl)cc1C(=O)NCC1CCC2CCN1C2. The van der Waals surface area contributed by atoms with E-state index in [0.717, 1.165) is 18.9 Å². The summed E-state index contributed by atoms with van der Waals surface area (Å²) in [6.07, 6.45) is 3.73. The Morgan fingerprint density at radius 3 is 3.05 bits per heavy atom. The number of methoxy groups -OCH3 is 1. The number of hydrogen-bond donors (Lipinski definition) is 2. The number of nitrogen functional groups attached to an aromatic ring is 1. The van der Waals surface area contributed by atoms with Gasteiger partial charge in [0.05, 0.1) is 23.4 Å². The fourth-order valence-corrected chi connectivity index (χ4v) is 3.66. The van der Waals surface area contributed by atoms with E-state index in [4.69, 9.17) is 22.1 Å². The average molecular weight is 324 g/mol. The highest BCUT2D eigenvalue weighted by atomic mass is 35.5. The van der Waals surface area contributed by atoms with Crippen molar-refractivity contribution in [3.05, 3.63) is 22.7 Å². The Bertz CT molecular complexity index is 579. The van der Waals surface area contributed by atoms with Crippen LogP contribution in [0.2, 0.25) is 5.02 Å². The Hall–Kier alpha value is -1.46. The van der Waals surface area contributed by atoms with Crippen molar-refractivity contribution >= 4 is 23.2 Å². The van der Waals surface area contributed by atoms with Crippen LogP contribution in [0.4, 0.5) is 5.69 Å². The lowest BCUT2D eigenvalue weighted by atomic mass is 9.96. The van der Waals surface area contributed by atoms with Crippen molar-refractivity contribution < 1.29 is 9.53 Å². The van der Waals surface area contributed by atoms with Gasteiger partial charge in [-0.3, -0.25) is 9.69 Å². The van der Waals surface area contributed by atoms with Gasteiger partial charge in [0.1, 0.15) is 5.75 Å². The quantitative estimate of drug-likeness (QED) is 0.833. The normalized spacial score (nSPS) is 26.7. The van der Waals surface area contributed by atoms with Crippen molar-refractivity contribution in [2.24, 2.45) is 5.92 Å². The molecule has 2 aliphatic heterocycles. The number of carbonyl (C=O) groups is 1. The smallest absolute Gasteiger partial charge is 0.255 e. The molecule has 2 saturated heterocycles. The number of hydrogen-bond acceptors (Lipinski definition) is 4. The monoisotopic (exact) mass is 323 g/mol. The molecule has 3 rings (SSSR count). The zero-order valence-corrected chi connectivity index (χ0v) is 13.5. The number of rotatable bonds is 4. The summed E-state index contributed by atoms with van der Waals surface area (Å²) in [7, 11) is 1.52. The van der Waals surface area contributed by atoms with Crippen LogP contribution in [-0.4, -0.2) is 43.6 Å². The summed E-state index contributed by atoms with van der Waals surface area (Å²) < 4.78 is 5.23. The fourth-order valence-electron chi connectivity index (χ4n) is 3.49. The number of piperidine rings is 1. The van der Waals surface area contributed by atoms with Gasteiger partial charge in [-0.1, -0.05) is 11.6 Å². The first-order valence-corrected chi connectivity index (χ1v) is 8.11. The molecule has 0 spiro atoms. The largest absolute Gasteiger partial charge is 0.496 e. The van der Waals surface area contributed by atoms with Crippen molar-refractivity contribution in [3.8, 4) is 5.75 Å². The van der Waals surface area contributed by atoms with Crippen LogP contribution in [0, 0.1) is 5.92 Å². The second-order valence-electron chi connectivity index (χ2n) is 6.16. The molecule has 5 nitrogen and oxygen atoms in total. The summed E-state index contributed by atoms with van der Waals surface area (Å²) in [5, 5.41) is 3.38. The molecule has 2 aliphatic rings. The Labute approximate surface area is 135 Å². The molecule has 0 saturated carbocycles. The first kappa shape index (κ1) is 15.4. The zero-order chi connectivity index (χ0) is 15.7. The van der Waals surface area contributed by atoms with Gasteiger partial charge in [-0.25, -0.2) is 0 Å². The van der Waals surface area contributed by atoms with Crippen LogP contribution in [0.5, 0.6) is 5.75 Å². The number of anilines is 1. The van der Waals surface area contributed by atoms with Crippen LogP contribution < -0.4 is 15.8 Å². The van der Waals surface area contributed by atoms with E-state index in [9.17, 15) is 4.79 Å². The molecule has 6 heteroatoms. The first-order chi connectivity index (χ1) is 10.6. The summed E-state index contributed by atoms with van der Waals surface area (Å²) >= 11 is 6.02. The van der Waals surface area contributed by atoms with E-state index in [0.29, 0.717) is 34.6 Å². The van der Waals surface area contributed by atoms with E-state index < -0.39 is 0 Å². The van der Waals surface area contributed by atoms with Crippen LogP contribution in [0.3, 0.4) is 0 Å². The molecule has 120 valence electrons. The zero-order valence-electron chi connectivity index (χ0n) is 12.8. The van der Waals surface area contributed by atoms with E-state index in [1.54, 1.807) is 12.1 Å². The second-order valence-corrected chi connectivity index (χ2v) is 6.57. The molecule has 3 unspecified atom stereocenters. The van der Waals surface area contributed by atoms with Gasteiger partial charge in [-0.05, 0) is 37.8 Å². The molecule has 0 aromatic heterocycles. The van der Waals surface area contributed by atoms with E-state index in [2.05, 4.69) is 10.2 Å². The summed E-state index contributed by atoms with van der Waals surface area (Å²) in [4.78, 5) is 14.9. The minimum absolute atomic E-state index is 0.167. The van der Waals surface area contributed by atoms with E-state index >= 15 is 0 Å². The van der Waals surface area contributed by atoms with Crippen LogP contribution in [-0.2, 0) is 0 Å². The molecule has 3 atom stereocenters. The summed E-state index contributed by atoms with van der Waals surface area (Å²) in [6.45, 7) is 3.00. The van der Waals surface area contributed by atoms with Crippen molar-refractivity contribution in [3.63, 3.8) is 0 Å². The fraction of sp³-hybridized carbons (Fsp3) is 0.562. The molecule has 1 amide bonds. The third-order valence-electron chi connectivity index (χ3n) is 4.80. The van der Waals surface area contributed by atoms with Gasteiger partial charge < -0.3 is 15.8 Å². The van der Waals surface area contributed by atoms with Gasteiger partial charge in [0.15, 0.2) is 0 Å². The van der Waals surface area contributed by atoms with Gasteiger partial charge in [-0.15, -0.1) is 0 Å². The molecule has 3 N–H and O–H groups in total. The number of nitrogens with zero attached hydrogens (tertiary/aromatic N) is 1. The Balaban J connectivity index is 1.66. The maximum atomic E-state index is 12.4. The minimum atomic E-state index is -0.167. The number of amides is 1. The third kappa shape index (κ3) is 3.01. The Kier molecular flexibility index (Phi) is 4.45. The molecule has 2 bridgehead atoms. The number of carbonyl (C=O) groups excluding carboxylic acids is 1. The summed E-state index contributed by atoms with van der Waals surface area (Å²) in [5.41, 5.74) is 6.58. The van der Waals surface area contributed by atoms with Gasteiger partial charge in [0.25, 0.3) is 5.91 Å². The summed E-state index contributed by atoms with van der Waals surface area (Å²) in [5.74, 6) is 1.15. The number of nitrogens with one attached hydrogen (secondary N) is 1. The standard InChI is InChI=1S/C16H22ClN3O2/c1-22-15-7-14(18)13(17)6-12(15)16(21)19-8-11-3-2-10-4-5-20(11)9-10/h6-7,10-11H,2-5,8-9,18H2,1H3,(H,19,21).